The number of amides is 2. The molecule has 24 heavy (non-hydrogen) atoms. The number of carbonyl (C=O) groups excluding carboxylic acids is 3. The normalized spacial score (nSPS) is 14.4. The SMILES string of the molecule is COC(=O)c1c(C)[nH]c(C(=O)N(C)CC(=O)N2CCOCC2)c1C. The largest absolute Gasteiger partial charge is 0.465 e. The second-order valence-corrected chi connectivity index (χ2v) is 5.77. The summed E-state index contributed by atoms with van der Waals surface area (Å²) in [5.74, 6) is -0.956. The molecule has 1 aromatic heterocycles. The summed E-state index contributed by atoms with van der Waals surface area (Å²) in [6, 6.07) is 0. The lowest BCUT2D eigenvalue weighted by molar-refractivity contribution is -0.135. The summed E-state index contributed by atoms with van der Waals surface area (Å²) in [5, 5.41) is 0. The van der Waals surface area contributed by atoms with E-state index in [-0.39, 0.29) is 18.4 Å². The average Bonchev–Trinajstić information content (AvgIpc) is 2.88. The maximum absolute atomic E-state index is 12.6. The first-order chi connectivity index (χ1) is 11.4. The van der Waals surface area contributed by atoms with E-state index in [1.165, 1.54) is 12.0 Å². The van der Waals surface area contributed by atoms with E-state index in [0.29, 0.717) is 48.8 Å². The fraction of sp³-hybridized carbons (Fsp3) is 0.562. The number of esters is 1. The number of nitrogens with one attached hydrogen (secondary N) is 1. The summed E-state index contributed by atoms with van der Waals surface area (Å²) in [7, 11) is 2.86. The van der Waals surface area contributed by atoms with Crippen LogP contribution in [0.3, 0.4) is 0 Å². The Morgan fingerprint density at radius 2 is 1.88 bits per heavy atom. The van der Waals surface area contributed by atoms with E-state index in [2.05, 4.69) is 4.98 Å². The molecule has 1 N–H and O–H groups in total. The molecule has 2 rings (SSSR count). The fourth-order valence-corrected chi connectivity index (χ4v) is 2.75. The maximum Gasteiger partial charge on any atom is 0.339 e. The maximum atomic E-state index is 12.6. The second-order valence-electron chi connectivity index (χ2n) is 5.77. The molecular weight excluding hydrogens is 314 g/mol. The summed E-state index contributed by atoms with van der Waals surface area (Å²) >= 11 is 0. The van der Waals surface area contributed by atoms with Gasteiger partial charge in [0.25, 0.3) is 5.91 Å². The molecular formula is C16H23N3O5. The van der Waals surface area contributed by atoms with Crippen molar-refractivity contribution in [1.29, 1.82) is 0 Å². The molecule has 0 unspecified atom stereocenters. The number of aromatic amines is 1. The first-order valence-electron chi connectivity index (χ1n) is 7.75. The van der Waals surface area contributed by atoms with Gasteiger partial charge in [0.2, 0.25) is 5.91 Å². The molecule has 1 fully saturated rings. The molecule has 1 aliphatic heterocycles. The van der Waals surface area contributed by atoms with Crippen molar-refractivity contribution in [1.82, 2.24) is 14.8 Å². The lowest BCUT2D eigenvalue weighted by Gasteiger charge is -2.28. The van der Waals surface area contributed by atoms with Gasteiger partial charge in [-0.3, -0.25) is 9.59 Å². The highest BCUT2D eigenvalue weighted by Gasteiger charge is 2.26. The highest BCUT2D eigenvalue weighted by Crippen LogP contribution is 2.20. The number of hydrogen-bond donors (Lipinski definition) is 1. The van der Waals surface area contributed by atoms with Gasteiger partial charge >= 0.3 is 5.97 Å². The monoisotopic (exact) mass is 337 g/mol. The summed E-state index contributed by atoms with van der Waals surface area (Å²) in [6.45, 7) is 5.46. The van der Waals surface area contributed by atoms with Gasteiger partial charge < -0.3 is 24.3 Å². The van der Waals surface area contributed by atoms with Crippen LogP contribution >= 0.6 is 0 Å². The van der Waals surface area contributed by atoms with E-state index < -0.39 is 5.97 Å². The number of methoxy groups -OCH3 is 1. The molecule has 0 aromatic carbocycles. The van der Waals surface area contributed by atoms with Crippen LogP contribution in [0.25, 0.3) is 0 Å². The summed E-state index contributed by atoms with van der Waals surface area (Å²) in [4.78, 5) is 42.6. The Kier molecular flexibility index (Phi) is 5.61. The van der Waals surface area contributed by atoms with Gasteiger partial charge in [-0.25, -0.2) is 4.79 Å². The number of nitrogens with zero attached hydrogens (tertiary/aromatic N) is 2. The van der Waals surface area contributed by atoms with Gasteiger partial charge in [-0.2, -0.15) is 0 Å². The van der Waals surface area contributed by atoms with Crippen molar-refractivity contribution in [2.45, 2.75) is 13.8 Å². The van der Waals surface area contributed by atoms with Crippen molar-refractivity contribution < 1.29 is 23.9 Å². The van der Waals surface area contributed by atoms with Crippen LogP contribution in [0.15, 0.2) is 0 Å². The summed E-state index contributed by atoms with van der Waals surface area (Å²) < 4.78 is 9.95. The van der Waals surface area contributed by atoms with Crippen LogP contribution in [0.5, 0.6) is 0 Å². The van der Waals surface area contributed by atoms with Crippen molar-refractivity contribution in [3.63, 3.8) is 0 Å². The van der Waals surface area contributed by atoms with Gasteiger partial charge in [0.05, 0.1) is 32.4 Å². The Balaban J connectivity index is 2.10. The number of aromatic nitrogens is 1. The predicted octanol–water partition coefficient (Wildman–Crippen LogP) is 0.349. The Hall–Kier alpha value is -2.35. The number of carbonyl (C=O) groups is 3. The lowest BCUT2D eigenvalue weighted by atomic mass is 10.1. The Labute approximate surface area is 140 Å². The highest BCUT2D eigenvalue weighted by molar-refractivity contribution is 6.01. The number of morpholine rings is 1. The number of rotatable bonds is 4. The third-order valence-corrected chi connectivity index (χ3v) is 4.12. The number of likely N-dealkylation sites (N-methyl/N-ethyl adjacent to an activating group) is 1. The number of aryl methyl sites for hydroxylation is 1. The summed E-state index contributed by atoms with van der Waals surface area (Å²) in [5.41, 5.74) is 1.74. The molecule has 132 valence electrons. The minimum atomic E-state index is -0.493. The molecule has 0 bridgehead atoms. The van der Waals surface area contributed by atoms with E-state index in [4.69, 9.17) is 9.47 Å². The zero-order chi connectivity index (χ0) is 17.9. The number of hydrogen-bond acceptors (Lipinski definition) is 5. The minimum absolute atomic E-state index is 0.0239. The van der Waals surface area contributed by atoms with Crippen LogP contribution in [0.1, 0.15) is 32.1 Å². The van der Waals surface area contributed by atoms with Crippen LogP contribution in [0.2, 0.25) is 0 Å². The molecule has 0 radical (unpaired) electrons. The van der Waals surface area contributed by atoms with Gasteiger partial charge in [0.1, 0.15) is 5.69 Å². The lowest BCUT2D eigenvalue weighted by Crippen LogP contribution is -2.46. The topological polar surface area (TPSA) is 91.9 Å². The van der Waals surface area contributed by atoms with Crippen LogP contribution in [0, 0.1) is 13.8 Å². The Bertz CT molecular complexity index is 646. The van der Waals surface area contributed by atoms with Crippen molar-refractivity contribution in [2.24, 2.45) is 0 Å². The molecule has 0 saturated carbocycles. The molecule has 8 nitrogen and oxygen atoms in total. The molecule has 0 atom stereocenters. The molecule has 2 heterocycles. The number of ether oxygens (including phenoxy) is 2. The van der Waals surface area contributed by atoms with Gasteiger partial charge in [-0.1, -0.05) is 0 Å². The Morgan fingerprint density at radius 3 is 2.46 bits per heavy atom. The third-order valence-electron chi connectivity index (χ3n) is 4.12. The van der Waals surface area contributed by atoms with E-state index in [1.807, 2.05) is 0 Å². The summed E-state index contributed by atoms with van der Waals surface area (Å²) in [6.07, 6.45) is 0. The van der Waals surface area contributed by atoms with Gasteiger partial charge in [0.15, 0.2) is 0 Å². The Morgan fingerprint density at radius 1 is 1.25 bits per heavy atom. The first-order valence-corrected chi connectivity index (χ1v) is 7.75. The van der Waals surface area contributed by atoms with E-state index in [1.54, 1.807) is 25.8 Å². The molecule has 1 saturated heterocycles. The van der Waals surface area contributed by atoms with E-state index in [0.717, 1.165) is 0 Å². The third kappa shape index (κ3) is 3.59. The molecule has 1 aliphatic rings. The molecule has 0 spiro atoms. The van der Waals surface area contributed by atoms with Crippen molar-refractivity contribution >= 4 is 17.8 Å². The first kappa shape index (κ1) is 18.0. The molecule has 2 amide bonds. The van der Waals surface area contributed by atoms with Crippen LogP contribution in [-0.4, -0.2) is 79.6 Å². The van der Waals surface area contributed by atoms with Crippen molar-refractivity contribution in [3.8, 4) is 0 Å². The zero-order valence-electron chi connectivity index (χ0n) is 14.5. The minimum Gasteiger partial charge on any atom is -0.465 e. The molecule has 1 aromatic rings. The predicted molar refractivity (Wildman–Crippen MR) is 86.0 cm³/mol. The molecule has 8 heteroatoms. The van der Waals surface area contributed by atoms with Gasteiger partial charge in [-0.05, 0) is 19.4 Å². The number of H-pyrrole nitrogens is 1. The van der Waals surface area contributed by atoms with Crippen molar-refractivity contribution in [2.75, 3.05) is 47.0 Å². The zero-order valence-corrected chi connectivity index (χ0v) is 14.5. The van der Waals surface area contributed by atoms with Crippen LogP contribution in [0.4, 0.5) is 0 Å². The molecule has 0 aliphatic carbocycles. The fourth-order valence-electron chi connectivity index (χ4n) is 2.75. The van der Waals surface area contributed by atoms with Crippen LogP contribution < -0.4 is 0 Å². The van der Waals surface area contributed by atoms with E-state index in [9.17, 15) is 14.4 Å². The standard InChI is InChI=1S/C16H23N3O5/c1-10-13(16(22)23-4)11(2)17-14(10)15(21)18(3)9-12(20)19-5-7-24-8-6-19/h17H,5-9H2,1-4H3. The smallest absolute Gasteiger partial charge is 0.339 e. The van der Waals surface area contributed by atoms with E-state index >= 15 is 0 Å². The van der Waals surface area contributed by atoms with Crippen molar-refractivity contribution in [3.05, 3.63) is 22.5 Å². The highest BCUT2D eigenvalue weighted by atomic mass is 16.5. The van der Waals surface area contributed by atoms with Gasteiger partial charge in [-0.15, -0.1) is 0 Å². The van der Waals surface area contributed by atoms with Crippen LogP contribution in [-0.2, 0) is 14.3 Å². The quantitative estimate of drug-likeness (QED) is 0.801. The second kappa shape index (κ2) is 7.48. The average molecular weight is 337 g/mol. The van der Waals surface area contributed by atoms with Gasteiger partial charge in [0, 0.05) is 25.8 Å².